The summed E-state index contributed by atoms with van der Waals surface area (Å²) in [4.78, 5) is 4.43. The van der Waals surface area contributed by atoms with Gasteiger partial charge in [0, 0.05) is 17.5 Å². The van der Waals surface area contributed by atoms with Crippen LogP contribution in [0.3, 0.4) is 0 Å². The summed E-state index contributed by atoms with van der Waals surface area (Å²) in [6.07, 6.45) is 1.86. The van der Waals surface area contributed by atoms with Gasteiger partial charge in [0.2, 0.25) is 0 Å². The molecule has 17 heavy (non-hydrogen) atoms. The first-order valence-corrected chi connectivity index (χ1v) is 5.45. The van der Waals surface area contributed by atoms with Gasteiger partial charge in [0.15, 0.2) is 0 Å². The smallest absolute Gasteiger partial charge is 0.137 e. The minimum Gasteiger partial charge on any atom is -0.304 e. The van der Waals surface area contributed by atoms with Crippen molar-refractivity contribution >= 4 is 5.65 Å². The van der Waals surface area contributed by atoms with Crippen LogP contribution in [0.25, 0.3) is 16.9 Å². The molecule has 84 valence electrons. The maximum atomic E-state index is 13.7. The second-order valence-corrected chi connectivity index (χ2v) is 4.00. The van der Waals surface area contributed by atoms with Crippen molar-refractivity contribution in [2.75, 3.05) is 0 Å². The molecule has 3 rings (SSSR count). The van der Waals surface area contributed by atoms with E-state index in [1.807, 2.05) is 41.8 Å². The minimum absolute atomic E-state index is 0.242. The van der Waals surface area contributed by atoms with Gasteiger partial charge < -0.3 is 4.40 Å². The van der Waals surface area contributed by atoms with E-state index in [9.17, 15) is 4.39 Å². The van der Waals surface area contributed by atoms with Crippen molar-refractivity contribution in [3.8, 4) is 11.3 Å². The van der Waals surface area contributed by atoms with Gasteiger partial charge in [0.25, 0.3) is 0 Å². The SMILES string of the molecule is Cc1cccc2nc(-c3ccccc3F)cn12. The number of hydrogen-bond acceptors (Lipinski definition) is 1. The number of fused-ring (bicyclic) bond motifs is 1. The number of aryl methyl sites for hydroxylation is 1. The van der Waals surface area contributed by atoms with E-state index in [0.29, 0.717) is 11.3 Å². The molecule has 0 unspecified atom stereocenters. The van der Waals surface area contributed by atoms with E-state index >= 15 is 0 Å². The third kappa shape index (κ3) is 1.60. The van der Waals surface area contributed by atoms with Gasteiger partial charge in [-0.05, 0) is 31.2 Å². The largest absolute Gasteiger partial charge is 0.304 e. The van der Waals surface area contributed by atoms with Crippen LogP contribution in [-0.4, -0.2) is 9.38 Å². The van der Waals surface area contributed by atoms with Crippen molar-refractivity contribution in [2.24, 2.45) is 0 Å². The number of rotatable bonds is 1. The number of aromatic nitrogens is 2. The highest BCUT2D eigenvalue weighted by atomic mass is 19.1. The lowest BCUT2D eigenvalue weighted by Gasteiger charge is -1.97. The summed E-state index contributed by atoms with van der Waals surface area (Å²) in [6, 6.07) is 12.5. The molecule has 0 atom stereocenters. The average molecular weight is 226 g/mol. The molecule has 0 aliphatic rings. The number of halogens is 1. The zero-order chi connectivity index (χ0) is 11.8. The minimum atomic E-state index is -0.242. The second kappa shape index (κ2) is 3.70. The van der Waals surface area contributed by atoms with E-state index in [0.717, 1.165) is 11.3 Å². The second-order valence-electron chi connectivity index (χ2n) is 4.00. The molecule has 3 heteroatoms. The molecule has 0 fully saturated rings. The number of benzene rings is 1. The molecule has 0 N–H and O–H groups in total. The van der Waals surface area contributed by atoms with E-state index in [1.54, 1.807) is 12.1 Å². The summed E-state index contributed by atoms with van der Waals surface area (Å²) in [5, 5.41) is 0. The van der Waals surface area contributed by atoms with Gasteiger partial charge >= 0.3 is 0 Å². The maximum Gasteiger partial charge on any atom is 0.137 e. The molecule has 0 radical (unpaired) electrons. The molecule has 2 aromatic heterocycles. The predicted octanol–water partition coefficient (Wildman–Crippen LogP) is 3.45. The molecule has 2 nitrogen and oxygen atoms in total. The van der Waals surface area contributed by atoms with Crippen LogP contribution in [0.1, 0.15) is 5.69 Å². The van der Waals surface area contributed by atoms with Crippen LogP contribution in [-0.2, 0) is 0 Å². The zero-order valence-corrected chi connectivity index (χ0v) is 9.39. The third-order valence-corrected chi connectivity index (χ3v) is 2.85. The van der Waals surface area contributed by atoms with Crippen molar-refractivity contribution in [3.63, 3.8) is 0 Å². The molecule has 1 aromatic carbocycles. The van der Waals surface area contributed by atoms with E-state index in [-0.39, 0.29) is 5.82 Å². The molecule has 0 bridgehead atoms. The van der Waals surface area contributed by atoms with Crippen molar-refractivity contribution in [3.05, 3.63) is 60.2 Å². The van der Waals surface area contributed by atoms with Crippen LogP contribution in [0, 0.1) is 12.7 Å². The van der Waals surface area contributed by atoms with Crippen molar-refractivity contribution in [1.29, 1.82) is 0 Å². The van der Waals surface area contributed by atoms with Gasteiger partial charge in [0.05, 0.1) is 5.69 Å². The molecule has 0 amide bonds. The lowest BCUT2D eigenvalue weighted by atomic mass is 10.1. The molecule has 0 saturated carbocycles. The molecule has 0 saturated heterocycles. The number of pyridine rings is 1. The molecule has 0 aliphatic heterocycles. The Morgan fingerprint density at radius 1 is 1.06 bits per heavy atom. The highest BCUT2D eigenvalue weighted by Crippen LogP contribution is 2.22. The predicted molar refractivity (Wildman–Crippen MR) is 65.3 cm³/mol. The van der Waals surface area contributed by atoms with Crippen molar-refractivity contribution < 1.29 is 4.39 Å². The molecular formula is C14H11FN2. The first-order valence-electron chi connectivity index (χ1n) is 5.45. The Bertz CT molecular complexity index is 686. The maximum absolute atomic E-state index is 13.7. The quantitative estimate of drug-likeness (QED) is 0.621. The topological polar surface area (TPSA) is 17.3 Å². The van der Waals surface area contributed by atoms with Crippen LogP contribution >= 0.6 is 0 Å². The monoisotopic (exact) mass is 226 g/mol. The standard InChI is InChI=1S/C14H11FN2/c1-10-5-4-8-14-16-13(9-17(10)14)11-6-2-3-7-12(11)15/h2-9H,1H3. The number of imidazole rings is 1. The third-order valence-electron chi connectivity index (χ3n) is 2.85. The fourth-order valence-corrected chi connectivity index (χ4v) is 1.95. The Morgan fingerprint density at radius 3 is 2.65 bits per heavy atom. The van der Waals surface area contributed by atoms with E-state index < -0.39 is 0 Å². The summed E-state index contributed by atoms with van der Waals surface area (Å²) in [6.45, 7) is 2.00. The van der Waals surface area contributed by atoms with Crippen LogP contribution in [0.2, 0.25) is 0 Å². The van der Waals surface area contributed by atoms with E-state index in [4.69, 9.17) is 0 Å². The van der Waals surface area contributed by atoms with Gasteiger partial charge in [-0.25, -0.2) is 9.37 Å². The van der Waals surface area contributed by atoms with E-state index in [2.05, 4.69) is 4.98 Å². The number of nitrogens with zero attached hydrogens (tertiary/aromatic N) is 2. The summed E-state index contributed by atoms with van der Waals surface area (Å²) in [7, 11) is 0. The highest BCUT2D eigenvalue weighted by molar-refractivity contribution is 5.63. The fraction of sp³-hybridized carbons (Fsp3) is 0.0714. The summed E-state index contributed by atoms with van der Waals surface area (Å²) < 4.78 is 15.6. The first-order chi connectivity index (χ1) is 8.25. The van der Waals surface area contributed by atoms with Crippen LogP contribution < -0.4 is 0 Å². The Balaban J connectivity index is 2.26. The molecule has 0 spiro atoms. The van der Waals surface area contributed by atoms with Crippen molar-refractivity contribution in [2.45, 2.75) is 6.92 Å². The molecule has 3 aromatic rings. The zero-order valence-electron chi connectivity index (χ0n) is 9.39. The molecule has 0 aliphatic carbocycles. The first kappa shape index (κ1) is 10.0. The van der Waals surface area contributed by atoms with Crippen LogP contribution in [0.15, 0.2) is 48.7 Å². The van der Waals surface area contributed by atoms with Crippen LogP contribution in [0.5, 0.6) is 0 Å². The summed E-state index contributed by atoms with van der Waals surface area (Å²) >= 11 is 0. The highest BCUT2D eigenvalue weighted by Gasteiger charge is 2.08. The van der Waals surface area contributed by atoms with E-state index in [1.165, 1.54) is 6.07 Å². The molecule has 2 heterocycles. The Hall–Kier alpha value is -2.16. The van der Waals surface area contributed by atoms with Gasteiger partial charge in [-0.1, -0.05) is 18.2 Å². The average Bonchev–Trinajstić information content (AvgIpc) is 2.75. The number of hydrogen-bond donors (Lipinski definition) is 0. The lowest BCUT2D eigenvalue weighted by Crippen LogP contribution is -1.86. The van der Waals surface area contributed by atoms with Gasteiger partial charge in [-0.15, -0.1) is 0 Å². The Kier molecular flexibility index (Phi) is 2.18. The van der Waals surface area contributed by atoms with Crippen molar-refractivity contribution in [1.82, 2.24) is 9.38 Å². The van der Waals surface area contributed by atoms with Gasteiger partial charge in [-0.2, -0.15) is 0 Å². The van der Waals surface area contributed by atoms with Crippen LogP contribution in [0.4, 0.5) is 4.39 Å². The van der Waals surface area contributed by atoms with Gasteiger partial charge in [-0.3, -0.25) is 0 Å². The Labute approximate surface area is 98.4 Å². The summed E-state index contributed by atoms with van der Waals surface area (Å²) in [5.41, 5.74) is 3.12. The summed E-state index contributed by atoms with van der Waals surface area (Å²) in [5.74, 6) is -0.242. The normalized spacial score (nSPS) is 10.9. The Morgan fingerprint density at radius 2 is 1.88 bits per heavy atom. The lowest BCUT2D eigenvalue weighted by molar-refractivity contribution is 0.631. The van der Waals surface area contributed by atoms with Gasteiger partial charge in [0.1, 0.15) is 11.5 Å². The fourth-order valence-electron chi connectivity index (χ4n) is 1.95. The molecular weight excluding hydrogens is 215 g/mol.